The van der Waals surface area contributed by atoms with Crippen LogP contribution in [0, 0.1) is 5.92 Å². The van der Waals surface area contributed by atoms with Gasteiger partial charge in [-0.2, -0.15) is 13.2 Å². The lowest BCUT2D eigenvalue weighted by atomic mass is 9.82. The van der Waals surface area contributed by atoms with Gasteiger partial charge in [0, 0.05) is 56.5 Å². The molecule has 0 unspecified atom stereocenters. The lowest BCUT2D eigenvalue weighted by molar-refractivity contribution is -0.164. The number of benzene rings is 2. The third-order valence-electron chi connectivity index (χ3n) is 11.3. The zero-order valence-electron chi connectivity index (χ0n) is 35.7. The number of fused-ring (bicyclic) bond motifs is 2. The highest BCUT2D eigenvalue weighted by Gasteiger charge is 2.45. The fraction of sp³-hybridized carbons (Fsp3) is 0.455. The number of carbonyl (C=O) groups excluding carboxylic acids is 4. The first-order chi connectivity index (χ1) is 29.8. The minimum absolute atomic E-state index is 0.105. The molecule has 2 aromatic heterocycles. The molecule has 2 aliphatic rings. The number of aromatic nitrogens is 3. The van der Waals surface area contributed by atoms with Crippen molar-refractivity contribution >= 4 is 46.8 Å². The number of halogens is 5. The summed E-state index contributed by atoms with van der Waals surface area (Å²) in [4.78, 5) is 70.3. The van der Waals surface area contributed by atoms with E-state index >= 15 is 0 Å². The van der Waals surface area contributed by atoms with E-state index in [4.69, 9.17) is 32.7 Å². The quantitative estimate of drug-likeness (QED) is 0.170. The fourth-order valence-corrected chi connectivity index (χ4v) is 8.35. The number of nitrogens with zero attached hydrogens (tertiary/aromatic N) is 6. The Morgan fingerprint density at radius 1 is 0.968 bits per heavy atom. The minimum atomic E-state index is -4.82. The van der Waals surface area contributed by atoms with Gasteiger partial charge >= 0.3 is 6.18 Å². The molecule has 0 aliphatic carbocycles. The van der Waals surface area contributed by atoms with Gasteiger partial charge in [-0.1, -0.05) is 35.3 Å². The number of piperidine rings is 1. The summed E-state index contributed by atoms with van der Waals surface area (Å²) in [6.07, 6.45) is -3.29. The van der Waals surface area contributed by atoms with Gasteiger partial charge < -0.3 is 39.4 Å². The topological polar surface area (TPSA) is 151 Å². The Labute approximate surface area is 374 Å². The number of pyridine rings is 1. The van der Waals surface area contributed by atoms with E-state index < -0.39 is 72.7 Å². The molecule has 4 amide bonds. The van der Waals surface area contributed by atoms with E-state index in [1.165, 1.54) is 31.2 Å². The Morgan fingerprint density at radius 3 is 2.35 bits per heavy atom. The number of carbonyl (C=O) groups is 4. The van der Waals surface area contributed by atoms with Gasteiger partial charge in [0.15, 0.2) is 5.75 Å². The molecule has 4 heterocycles. The minimum Gasteiger partial charge on any atom is -0.455 e. The van der Waals surface area contributed by atoms with Crippen molar-refractivity contribution in [2.75, 3.05) is 40.9 Å². The van der Waals surface area contributed by atoms with Crippen molar-refractivity contribution in [3.8, 4) is 22.8 Å². The Bertz CT molecular complexity index is 2280. The van der Waals surface area contributed by atoms with E-state index in [-0.39, 0.29) is 42.6 Å². The summed E-state index contributed by atoms with van der Waals surface area (Å²) in [6, 6.07) is 12.8. The van der Waals surface area contributed by atoms with Gasteiger partial charge in [0.2, 0.25) is 23.6 Å². The number of ether oxygens (including phenoxy) is 2. The summed E-state index contributed by atoms with van der Waals surface area (Å²) >= 11 is 12.5. The van der Waals surface area contributed by atoms with Crippen LogP contribution in [0.4, 0.5) is 13.2 Å². The van der Waals surface area contributed by atoms with Gasteiger partial charge in [-0.05, 0) is 82.2 Å². The lowest BCUT2D eigenvalue weighted by Crippen LogP contribution is -2.65. The molecule has 6 rings (SSSR count). The molecular formula is C44H51Cl2F3N8O6. The van der Waals surface area contributed by atoms with Crippen LogP contribution in [0.2, 0.25) is 10.0 Å². The molecule has 4 atom stereocenters. The van der Waals surface area contributed by atoms with E-state index in [2.05, 4.69) is 20.6 Å². The van der Waals surface area contributed by atoms with Crippen molar-refractivity contribution in [1.82, 2.24) is 39.9 Å². The maximum absolute atomic E-state index is 14.4. The molecule has 4 aromatic rings. The average Bonchev–Trinajstić information content (AvgIpc) is 3.58. The van der Waals surface area contributed by atoms with Crippen LogP contribution in [0.25, 0.3) is 11.3 Å². The Balaban J connectivity index is 1.33. The smallest absolute Gasteiger partial charge is 0.389 e. The van der Waals surface area contributed by atoms with E-state index in [9.17, 15) is 32.3 Å². The molecule has 63 heavy (non-hydrogen) atoms. The van der Waals surface area contributed by atoms with Crippen LogP contribution >= 0.6 is 23.2 Å². The summed E-state index contributed by atoms with van der Waals surface area (Å²) < 4.78 is 56.4. The van der Waals surface area contributed by atoms with Gasteiger partial charge in [-0.3, -0.25) is 24.2 Å². The Morgan fingerprint density at radius 2 is 1.68 bits per heavy atom. The Kier molecular flexibility index (Phi) is 15.1. The van der Waals surface area contributed by atoms with Gasteiger partial charge in [-0.15, -0.1) is 0 Å². The van der Waals surface area contributed by atoms with Crippen LogP contribution < -0.4 is 15.4 Å². The maximum atomic E-state index is 14.4. The van der Waals surface area contributed by atoms with Gasteiger partial charge in [0.05, 0.1) is 54.5 Å². The van der Waals surface area contributed by atoms with E-state index in [0.717, 1.165) is 27.5 Å². The highest BCUT2D eigenvalue weighted by Crippen LogP contribution is 2.35. The largest absolute Gasteiger partial charge is 0.455 e. The second-order valence-corrected chi connectivity index (χ2v) is 17.3. The number of nitrogens with one attached hydrogen (secondary N) is 2. The van der Waals surface area contributed by atoms with Crippen LogP contribution in [0.1, 0.15) is 49.7 Å². The fourth-order valence-electron chi connectivity index (χ4n) is 8.07. The van der Waals surface area contributed by atoms with Crippen LogP contribution in [0.15, 0.2) is 67.0 Å². The predicted molar refractivity (Wildman–Crippen MR) is 230 cm³/mol. The number of alkyl halides is 3. The molecule has 19 heteroatoms. The van der Waals surface area contributed by atoms with Crippen molar-refractivity contribution in [2.45, 2.75) is 75.9 Å². The number of methoxy groups -OCH3 is 1. The maximum Gasteiger partial charge on any atom is 0.389 e. The highest BCUT2D eigenvalue weighted by atomic mass is 35.5. The van der Waals surface area contributed by atoms with Crippen molar-refractivity contribution in [3.05, 3.63) is 94.1 Å². The number of rotatable bonds is 12. The average molecular weight is 916 g/mol. The van der Waals surface area contributed by atoms with Crippen molar-refractivity contribution in [2.24, 2.45) is 13.0 Å². The summed E-state index contributed by atoms with van der Waals surface area (Å²) in [7, 11) is 7.20. The molecule has 0 radical (unpaired) electrons. The van der Waals surface area contributed by atoms with E-state index in [0.29, 0.717) is 30.2 Å². The van der Waals surface area contributed by atoms with Crippen LogP contribution in [0.3, 0.4) is 0 Å². The Hall–Kier alpha value is -5.23. The monoisotopic (exact) mass is 914 g/mol. The first kappa shape index (κ1) is 47.3. The zero-order chi connectivity index (χ0) is 45.6. The molecule has 2 N–H and O–H groups in total. The predicted octanol–water partition coefficient (Wildman–Crippen LogP) is 6.18. The van der Waals surface area contributed by atoms with Crippen molar-refractivity contribution < 1.29 is 41.8 Å². The third-order valence-corrected chi connectivity index (χ3v) is 11.7. The number of imidazole rings is 1. The molecule has 2 fully saturated rings. The van der Waals surface area contributed by atoms with Gasteiger partial charge in [0.25, 0.3) is 0 Å². The second-order valence-electron chi connectivity index (χ2n) is 16.5. The van der Waals surface area contributed by atoms with E-state index in [1.54, 1.807) is 42.6 Å². The summed E-state index contributed by atoms with van der Waals surface area (Å²) in [6.45, 7) is 1.29. The third kappa shape index (κ3) is 12.1. The molecule has 2 bridgehead atoms. The standard InChI is InChI=1S/C44H51Cl2F3N8O6/c1-27-40(59)52-35(25-62-5)41(60)53-43(19-28-7-11-31(45)12-8-28)15-6-16-56(26-43)42(61)30(20-44(47,48)49)17-39(58)57(27)23-34-37(18-32(46)21-50-34)63-33-13-9-29(10-14-33)36-22-51-38(55(36)4)24-54(2)3/h7-14,18,21-22,27,30,35H,6,15-17,19-20,23-26H2,1-5H3,(H,52,59)(H,53,60)/t27-,30-,35-,43+/m0/s1. The molecule has 2 aliphatic heterocycles. The first-order valence-corrected chi connectivity index (χ1v) is 21.2. The zero-order valence-corrected chi connectivity index (χ0v) is 37.2. The summed E-state index contributed by atoms with van der Waals surface area (Å²) in [5.41, 5.74) is 1.47. The molecule has 0 saturated carbocycles. The van der Waals surface area contributed by atoms with Crippen LogP contribution in [0.5, 0.6) is 11.5 Å². The SMILES string of the molecule is COC[C@@H]1NC(=O)[C@H](C)N(Cc2ncc(Cl)cc2Oc2ccc(-c3cnc(CN(C)C)n3C)cc2)C(=O)C[C@@H](CC(F)(F)F)C(=O)N2CCC[C@@](Cc3ccc(Cl)cc3)(C2)NC1=O. The summed E-state index contributed by atoms with van der Waals surface area (Å²) in [5, 5.41) is 6.41. The molecule has 338 valence electrons. The van der Waals surface area contributed by atoms with Crippen molar-refractivity contribution in [3.63, 3.8) is 0 Å². The highest BCUT2D eigenvalue weighted by molar-refractivity contribution is 6.30. The second kappa shape index (κ2) is 20.1. The lowest BCUT2D eigenvalue weighted by Gasteiger charge is -2.45. The van der Waals surface area contributed by atoms with Crippen LogP contribution in [-0.4, -0.2) is 118 Å². The van der Waals surface area contributed by atoms with Crippen molar-refractivity contribution in [1.29, 1.82) is 0 Å². The number of amides is 4. The molecule has 2 saturated heterocycles. The summed E-state index contributed by atoms with van der Waals surface area (Å²) in [5.74, 6) is -3.75. The van der Waals surface area contributed by atoms with E-state index in [1.807, 2.05) is 42.7 Å². The van der Waals surface area contributed by atoms with Crippen LogP contribution in [-0.2, 0) is 50.5 Å². The molecule has 2 aromatic carbocycles. The molecule has 0 spiro atoms. The molecular weight excluding hydrogens is 864 g/mol. The van der Waals surface area contributed by atoms with Gasteiger partial charge in [-0.25, -0.2) is 4.98 Å². The first-order valence-electron chi connectivity index (χ1n) is 20.4. The van der Waals surface area contributed by atoms with Gasteiger partial charge in [0.1, 0.15) is 29.4 Å². The molecule has 14 nitrogen and oxygen atoms in total. The normalized spacial score (nSPS) is 21.6. The number of hydrogen-bond acceptors (Lipinski definition) is 9. The number of hydrogen-bond donors (Lipinski definition) is 2.